The normalized spacial score (nSPS) is 14.0. The molecule has 0 amide bonds. The van der Waals surface area contributed by atoms with Crippen molar-refractivity contribution in [2.24, 2.45) is 0 Å². The number of anilines is 6. The van der Waals surface area contributed by atoms with Crippen LogP contribution in [0.2, 0.25) is 0 Å². The van der Waals surface area contributed by atoms with Gasteiger partial charge in [-0.05, 0) is 70.3 Å². The van der Waals surface area contributed by atoms with E-state index in [2.05, 4.69) is 163 Å². The van der Waals surface area contributed by atoms with Crippen molar-refractivity contribution in [1.82, 2.24) is 0 Å². The number of para-hydroxylation sites is 3. The quantitative estimate of drug-likeness (QED) is 0.212. The zero-order chi connectivity index (χ0) is 29.4. The Kier molecular flexibility index (Phi) is 5.24. The summed E-state index contributed by atoms with van der Waals surface area (Å²) in [6.07, 6.45) is 0. The molecule has 0 bridgehead atoms. The Morgan fingerprint density at radius 3 is 2.11 bits per heavy atom. The first kappa shape index (κ1) is 25.0. The highest BCUT2D eigenvalue weighted by Gasteiger charge is 2.43. The van der Waals surface area contributed by atoms with Crippen LogP contribution in [0.4, 0.5) is 34.1 Å². The van der Waals surface area contributed by atoms with Gasteiger partial charge in [0.05, 0.1) is 28.4 Å². The molecule has 0 radical (unpaired) electrons. The topological polar surface area (TPSA) is 15.7 Å². The Labute approximate surface area is 257 Å². The van der Waals surface area contributed by atoms with Gasteiger partial charge in [-0.25, -0.2) is 0 Å². The molecule has 44 heavy (non-hydrogen) atoms. The number of ether oxygens (including phenoxy) is 1. The zero-order valence-electron chi connectivity index (χ0n) is 24.7. The van der Waals surface area contributed by atoms with Gasteiger partial charge in [-0.15, -0.1) is 0 Å². The second-order valence-corrected chi connectivity index (χ2v) is 12.2. The Balaban J connectivity index is 1.38. The molecule has 0 unspecified atom stereocenters. The Bertz CT molecular complexity index is 2260. The summed E-state index contributed by atoms with van der Waals surface area (Å²) in [5.41, 5.74) is 9.03. The van der Waals surface area contributed by atoms with Crippen molar-refractivity contribution >= 4 is 55.7 Å². The number of hydrogen-bond acceptors (Lipinski definition) is 3. The van der Waals surface area contributed by atoms with Crippen LogP contribution in [-0.2, 0) is 5.41 Å². The van der Waals surface area contributed by atoms with Crippen LogP contribution in [0.15, 0.2) is 146 Å². The fraction of sp³-hybridized carbons (Fsp3) is 0.0732. The van der Waals surface area contributed by atoms with Gasteiger partial charge in [-0.1, -0.05) is 111 Å². The average molecular weight is 567 g/mol. The summed E-state index contributed by atoms with van der Waals surface area (Å²) in [6, 6.07) is 52.3. The molecule has 7 aromatic rings. The number of hydrogen-bond donors (Lipinski definition) is 0. The fourth-order valence-electron chi connectivity index (χ4n) is 7.36. The van der Waals surface area contributed by atoms with Crippen molar-refractivity contribution in [3.05, 3.63) is 157 Å². The smallest absolute Gasteiger partial charge is 0.151 e. The maximum atomic E-state index is 6.49. The molecular weight excluding hydrogens is 536 g/mol. The highest BCUT2D eigenvalue weighted by molar-refractivity contribution is 6.03. The predicted octanol–water partition coefficient (Wildman–Crippen LogP) is 11.7. The Morgan fingerprint density at radius 2 is 1.20 bits per heavy atom. The van der Waals surface area contributed by atoms with Crippen LogP contribution in [0.5, 0.6) is 11.5 Å². The van der Waals surface area contributed by atoms with Gasteiger partial charge in [0.2, 0.25) is 0 Å². The minimum atomic E-state index is -0.316. The first-order valence-corrected chi connectivity index (χ1v) is 15.2. The van der Waals surface area contributed by atoms with Crippen molar-refractivity contribution in [1.29, 1.82) is 0 Å². The lowest BCUT2D eigenvalue weighted by atomic mass is 9.72. The molecule has 0 saturated carbocycles. The van der Waals surface area contributed by atoms with Crippen LogP contribution in [0.3, 0.4) is 0 Å². The molecule has 2 aliphatic heterocycles. The first-order valence-electron chi connectivity index (χ1n) is 15.2. The maximum Gasteiger partial charge on any atom is 0.151 e. The highest BCUT2D eigenvalue weighted by atomic mass is 16.5. The zero-order valence-corrected chi connectivity index (χ0v) is 24.7. The van der Waals surface area contributed by atoms with E-state index >= 15 is 0 Å². The molecule has 0 aliphatic carbocycles. The number of rotatable bonds is 3. The van der Waals surface area contributed by atoms with Crippen molar-refractivity contribution in [2.45, 2.75) is 19.3 Å². The minimum Gasteiger partial charge on any atom is -0.453 e. The van der Waals surface area contributed by atoms with Gasteiger partial charge >= 0.3 is 0 Å². The summed E-state index contributed by atoms with van der Waals surface area (Å²) < 4.78 is 6.49. The Morgan fingerprint density at radius 1 is 0.545 bits per heavy atom. The summed E-state index contributed by atoms with van der Waals surface area (Å²) in [5.74, 6) is 1.76. The third-order valence-corrected chi connectivity index (χ3v) is 9.35. The molecule has 0 atom stereocenters. The molecule has 0 fully saturated rings. The highest BCUT2D eigenvalue weighted by Crippen LogP contribution is 2.62. The van der Waals surface area contributed by atoms with E-state index in [1.807, 2.05) is 6.07 Å². The second-order valence-electron chi connectivity index (χ2n) is 12.2. The number of nitrogens with zero attached hydrogens (tertiary/aromatic N) is 2. The van der Waals surface area contributed by atoms with Gasteiger partial charge in [0.25, 0.3) is 0 Å². The van der Waals surface area contributed by atoms with Crippen LogP contribution in [0, 0.1) is 0 Å². The van der Waals surface area contributed by atoms with E-state index in [-0.39, 0.29) is 5.41 Å². The molecule has 210 valence electrons. The SMILES string of the molecule is CC1(C)c2cccc3c2N(c2ccccc2O3)c2cccc(N(c3ccc4ccccc4c3)c3cccc4ccccc34)c21. The van der Waals surface area contributed by atoms with Crippen molar-refractivity contribution < 1.29 is 4.74 Å². The van der Waals surface area contributed by atoms with Gasteiger partial charge in [-0.3, -0.25) is 0 Å². The predicted molar refractivity (Wildman–Crippen MR) is 183 cm³/mol. The van der Waals surface area contributed by atoms with Crippen molar-refractivity contribution in [3.63, 3.8) is 0 Å². The molecule has 9 rings (SSSR count). The molecule has 2 aliphatic rings. The summed E-state index contributed by atoms with van der Waals surface area (Å²) in [6.45, 7) is 4.70. The van der Waals surface area contributed by atoms with E-state index in [1.54, 1.807) is 0 Å². The molecule has 0 saturated heterocycles. The van der Waals surface area contributed by atoms with E-state index in [4.69, 9.17) is 4.74 Å². The minimum absolute atomic E-state index is 0.316. The van der Waals surface area contributed by atoms with Gasteiger partial charge in [-0.2, -0.15) is 0 Å². The van der Waals surface area contributed by atoms with Crippen molar-refractivity contribution in [3.8, 4) is 11.5 Å². The van der Waals surface area contributed by atoms with Crippen LogP contribution in [0.25, 0.3) is 21.5 Å². The average Bonchev–Trinajstić information content (AvgIpc) is 3.06. The van der Waals surface area contributed by atoms with Crippen molar-refractivity contribution in [2.75, 3.05) is 9.80 Å². The summed E-state index contributed by atoms with van der Waals surface area (Å²) in [5, 5.41) is 4.89. The largest absolute Gasteiger partial charge is 0.453 e. The summed E-state index contributed by atoms with van der Waals surface area (Å²) in [4.78, 5) is 4.88. The van der Waals surface area contributed by atoms with Gasteiger partial charge in [0, 0.05) is 22.1 Å². The first-order chi connectivity index (χ1) is 21.6. The molecule has 7 aromatic carbocycles. The molecule has 0 aromatic heterocycles. The summed E-state index contributed by atoms with van der Waals surface area (Å²) >= 11 is 0. The second kappa shape index (κ2) is 9.23. The van der Waals surface area contributed by atoms with Gasteiger partial charge in [0.1, 0.15) is 0 Å². The summed E-state index contributed by atoms with van der Waals surface area (Å²) in [7, 11) is 0. The maximum absolute atomic E-state index is 6.49. The van der Waals surface area contributed by atoms with Crippen LogP contribution in [-0.4, -0.2) is 0 Å². The monoisotopic (exact) mass is 566 g/mol. The van der Waals surface area contributed by atoms with E-state index in [0.717, 1.165) is 34.2 Å². The lowest BCUT2D eigenvalue weighted by Crippen LogP contribution is -2.34. The molecule has 2 heterocycles. The third-order valence-electron chi connectivity index (χ3n) is 9.35. The fourth-order valence-corrected chi connectivity index (χ4v) is 7.36. The van der Waals surface area contributed by atoms with Crippen LogP contribution >= 0.6 is 0 Å². The number of benzene rings is 7. The lowest BCUT2D eigenvalue weighted by molar-refractivity contribution is 0.471. The van der Waals surface area contributed by atoms with E-state index in [9.17, 15) is 0 Å². The standard InChI is InChI=1S/C41H30N2O/c1-41(2)32-17-10-23-38-40(32)43(34-18-7-8-22-37(34)44-38)36-21-11-20-35(39(36)41)42(30-25-24-27-12-3-4-14-29(27)26-30)33-19-9-15-28-13-5-6-16-31(28)33/h3-26H,1-2H3. The lowest BCUT2D eigenvalue weighted by Gasteiger charge is -2.46. The third kappa shape index (κ3) is 3.50. The van der Waals surface area contributed by atoms with Crippen LogP contribution in [0.1, 0.15) is 25.0 Å². The number of fused-ring (bicyclic) bond motifs is 6. The van der Waals surface area contributed by atoms with Gasteiger partial charge in [0.15, 0.2) is 11.5 Å². The van der Waals surface area contributed by atoms with Gasteiger partial charge < -0.3 is 14.5 Å². The molecular formula is C41H30N2O. The Hall–Kier alpha value is -5.54. The molecule has 0 N–H and O–H groups in total. The van der Waals surface area contributed by atoms with E-state index in [1.165, 1.54) is 44.0 Å². The molecule has 3 heteroatoms. The molecule has 0 spiro atoms. The van der Waals surface area contributed by atoms with E-state index in [0.29, 0.717) is 0 Å². The molecule has 3 nitrogen and oxygen atoms in total. The van der Waals surface area contributed by atoms with Crippen LogP contribution < -0.4 is 14.5 Å². The van der Waals surface area contributed by atoms with E-state index < -0.39 is 0 Å².